The molecule has 0 radical (unpaired) electrons. The summed E-state index contributed by atoms with van der Waals surface area (Å²) in [4.78, 5) is 20.3. The lowest BCUT2D eigenvalue weighted by molar-refractivity contribution is -0.117. The number of nitrogens with one attached hydrogen (secondary N) is 2. The summed E-state index contributed by atoms with van der Waals surface area (Å²) in [5.74, 6) is -0.0427. The molecule has 8 heteroatoms. The maximum Gasteiger partial charge on any atom is 0.228 e. The van der Waals surface area contributed by atoms with E-state index in [0.717, 1.165) is 45.1 Å². The number of thiazole rings is 1. The second-order valence-corrected chi connectivity index (χ2v) is 6.95. The molecule has 6 nitrogen and oxygen atoms in total. The van der Waals surface area contributed by atoms with Gasteiger partial charge in [0, 0.05) is 25.2 Å². The molecule has 2 aromatic heterocycles. The number of hydrogen-bond acceptors (Lipinski definition) is 6. The molecule has 122 valence electrons. The van der Waals surface area contributed by atoms with Crippen molar-refractivity contribution in [2.75, 3.05) is 23.8 Å². The topological polar surface area (TPSA) is 76.1 Å². The van der Waals surface area contributed by atoms with Crippen LogP contribution in [0.25, 0.3) is 10.2 Å². The van der Waals surface area contributed by atoms with E-state index in [9.17, 15) is 9.18 Å². The average molecular weight is 336 g/mol. The predicted octanol–water partition coefficient (Wildman–Crippen LogP) is 2.77. The number of halogens is 1. The highest BCUT2D eigenvalue weighted by Crippen LogP contribution is 2.35. The van der Waals surface area contributed by atoms with Crippen molar-refractivity contribution >= 4 is 38.4 Å². The van der Waals surface area contributed by atoms with Gasteiger partial charge in [0.05, 0.1) is 6.20 Å². The number of nitrogens with zero attached hydrogens (tertiary/aromatic N) is 2. The fourth-order valence-corrected chi connectivity index (χ4v) is 3.61. The van der Waals surface area contributed by atoms with Crippen molar-refractivity contribution in [3.05, 3.63) is 12.0 Å². The van der Waals surface area contributed by atoms with Crippen molar-refractivity contribution in [3.8, 4) is 0 Å². The normalized spacial score (nSPS) is 19.0. The van der Waals surface area contributed by atoms with Gasteiger partial charge < -0.3 is 15.4 Å². The number of carbonyl (C=O) groups is 1. The summed E-state index contributed by atoms with van der Waals surface area (Å²) in [7, 11) is 0. The molecule has 0 bridgehead atoms. The third-order valence-corrected chi connectivity index (χ3v) is 5.11. The Balaban J connectivity index is 1.60. The molecular weight excluding hydrogens is 319 g/mol. The highest BCUT2D eigenvalue weighted by Gasteiger charge is 2.30. The Labute approximate surface area is 136 Å². The zero-order valence-electron chi connectivity index (χ0n) is 12.5. The van der Waals surface area contributed by atoms with Gasteiger partial charge in [-0.2, -0.15) is 0 Å². The molecular formula is C15H17FN4O2S. The van der Waals surface area contributed by atoms with E-state index >= 15 is 0 Å². The average Bonchev–Trinajstić information content (AvgIpc) is 3.32. The highest BCUT2D eigenvalue weighted by atomic mass is 32.1. The van der Waals surface area contributed by atoms with Crippen LogP contribution in [0.1, 0.15) is 25.7 Å². The van der Waals surface area contributed by atoms with Crippen molar-refractivity contribution in [1.82, 2.24) is 9.97 Å². The molecule has 2 aromatic rings. The monoisotopic (exact) mass is 336 g/mol. The molecule has 2 aliphatic rings. The van der Waals surface area contributed by atoms with E-state index in [1.807, 2.05) is 0 Å². The van der Waals surface area contributed by atoms with Crippen LogP contribution in [0.2, 0.25) is 0 Å². The Morgan fingerprint density at radius 3 is 2.83 bits per heavy atom. The first-order chi connectivity index (χ1) is 11.2. The van der Waals surface area contributed by atoms with Gasteiger partial charge >= 0.3 is 0 Å². The molecule has 1 aliphatic carbocycles. The molecule has 2 fully saturated rings. The second-order valence-electron chi connectivity index (χ2n) is 5.95. The largest absolute Gasteiger partial charge is 0.381 e. The highest BCUT2D eigenvalue weighted by molar-refractivity contribution is 7.22. The van der Waals surface area contributed by atoms with Crippen LogP contribution in [0.4, 0.5) is 15.3 Å². The Morgan fingerprint density at radius 2 is 2.09 bits per heavy atom. The standard InChI is InChI=1S/C15H17FN4O2S/c16-10-7-17-13(20-14(21)8-1-2-8)12-11(10)19-15(23-12)18-9-3-5-22-6-4-9/h7-9H,1-6H2,(H,18,19)(H,17,20,21). The number of amides is 1. The smallest absolute Gasteiger partial charge is 0.228 e. The Hall–Kier alpha value is -1.80. The summed E-state index contributed by atoms with van der Waals surface area (Å²) in [5.41, 5.74) is 0.255. The van der Waals surface area contributed by atoms with Crippen molar-refractivity contribution in [1.29, 1.82) is 0 Å². The number of carbonyl (C=O) groups excluding carboxylic acids is 1. The van der Waals surface area contributed by atoms with E-state index in [0.29, 0.717) is 15.6 Å². The quantitative estimate of drug-likeness (QED) is 0.898. The van der Waals surface area contributed by atoms with E-state index in [4.69, 9.17) is 4.74 Å². The van der Waals surface area contributed by atoms with Crippen molar-refractivity contribution in [2.24, 2.45) is 5.92 Å². The number of pyridine rings is 1. The molecule has 3 heterocycles. The molecule has 4 rings (SSSR count). The van der Waals surface area contributed by atoms with Crippen molar-refractivity contribution < 1.29 is 13.9 Å². The molecule has 23 heavy (non-hydrogen) atoms. The second kappa shape index (κ2) is 6.01. The lowest BCUT2D eigenvalue weighted by Crippen LogP contribution is -2.27. The number of fused-ring (bicyclic) bond motifs is 1. The van der Waals surface area contributed by atoms with Gasteiger partial charge in [-0.1, -0.05) is 11.3 Å². The van der Waals surface area contributed by atoms with Crippen LogP contribution in [-0.4, -0.2) is 35.1 Å². The van der Waals surface area contributed by atoms with Crippen LogP contribution >= 0.6 is 11.3 Å². The maximum atomic E-state index is 14.0. The van der Waals surface area contributed by atoms with E-state index in [2.05, 4.69) is 20.6 Å². The molecule has 1 saturated carbocycles. The van der Waals surface area contributed by atoms with Gasteiger partial charge in [-0.25, -0.2) is 14.4 Å². The number of ether oxygens (including phenoxy) is 1. The SMILES string of the molecule is O=C(Nc1ncc(F)c2nc(NC3CCOCC3)sc12)C1CC1. The lowest BCUT2D eigenvalue weighted by Gasteiger charge is -2.22. The van der Waals surface area contributed by atoms with E-state index in [1.165, 1.54) is 11.3 Å². The van der Waals surface area contributed by atoms with Crippen LogP contribution < -0.4 is 10.6 Å². The van der Waals surface area contributed by atoms with Gasteiger partial charge in [0.25, 0.3) is 0 Å². The summed E-state index contributed by atoms with van der Waals surface area (Å²) in [6.07, 6.45) is 4.75. The first kappa shape index (κ1) is 14.8. The molecule has 1 aliphatic heterocycles. The minimum absolute atomic E-state index is 0.0438. The number of hydrogen-bond donors (Lipinski definition) is 2. The third kappa shape index (κ3) is 3.13. The lowest BCUT2D eigenvalue weighted by atomic mass is 10.1. The Morgan fingerprint density at radius 1 is 1.30 bits per heavy atom. The van der Waals surface area contributed by atoms with Gasteiger partial charge in [0.1, 0.15) is 10.2 Å². The zero-order valence-corrected chi connectivity index (χ0v) is 13.3. The van der Waals surface area contributed by atoms with Gasteiger partial charge in [0.2, 0.25) is 5.91 Å². The number of aromatic nitrogens is 2. The minimum atomic E-state index is -0.472. The molecule has 0 unspecified atom stereocenters. The van der Waals surface area contributed by atoms with Crippen molar-refractivity contribution in [3.63, 3.8) is 0 Å². The van der Waals surface area contributed by atoms with Crippen molar-refractivity contribution in [2.45, 2.75) is 31.7 Å². The maximum absolute atomic E-state index is 14.0. The van der Waals surface area contributed by atoms with Crippen LogP contribution in [0, 0.1) is 11.7 Å². The predicted molar refractivity (Wildman–Crippen MR) is 86.2 cm³/mol. The van der Waals surface area contributed by atoms with Crippen LogP contribution in [0.15, 0.2) is 6.20 Å². The summed E-state index contributed by atoms with van der Waals surface area (Å²) >= 11 is 1.33. The first-order valence-electron chi connectivity index (χ1n) is 7.81. The molecule has 0 spiro atoms. The molecule has 2 N–H and O–H groups in total. The van der Waals surface area contributed by atoms with E-state index in [-0.39, 0.29) is 23.4 Å². The van der Waals surface area contributed by atoms with Gasteiger partial charge in [-0.3, -0.25) is 4.79 Å². The minimum Gasteiger partial charge on any atom is -0.381 e. The molecule has 1 amide bonds. The number of rotatable bonds is 4. The van der Waals surface area contributed by atoms with E-state index in [1.54, 1.807) is 0 Å². The van der Waals surface area contributed by atoms with Gasteiger partial charge in [-0.05, 0) is 25.7 Å². The Bertz CT molecular complexity index is 740. The molecule has 0 aromatic carbocycles. The summed E-state index contributed by atoms with van der Waals surface area (Å²) in [5, 5.41) is 6.78. The fourth-order valence-electron chi connectivity index (χ4n) is 2.62. The first-order valence-corrected chi connectivity index (χ1v) is 8.62. The summed E-state index contributed by atoms with van der Waals surface area (Å²) in [6, 6.07) is 0.282. The summed E-state index contributed by atoms with van der Waals surface area (Å²) < 4.78 is 19.9. The van der Waals surface area contributed by atoms with Crippen LogP contribution in [0.3, 0.4) is 0 Å². The van der Waals surface area contributed by atoms with Crippen LogP contribution in [-0.2, 0) is 9.53 Å². The van der Waals surface area contributed by atoms with Gasteiger partial charge in [-0.15, -0.1) is 0 Å². The number of anilines is 2. The third-order valence-electron chi connectivity index (χ3n) is 4.11. The van der Waals surface area contributed by atoms with Crippen LogP contribution in [0.5, 0.6) is 0 Å². The molecule has 0 atom stereocenters. The Kier molecular flexibility index (Phi) is 3.86. The zero-order chi connectivity index (χ0) is 15.8. The van der Waals surface area contributed by atoms with E-state index < -0.39 is 5.82 Å². The van der Waals surface area contributed by atoms with Gasteiger partial charge in [0.15, 0.2) is 16.8 Å². The fraction of sp³-hybridized carbons (Fsp3) is 0.533. The molecule has 1 saturated heterocycles. The summed E-state index contributed by atoms with van der Waals surface area (Å²) in [6.45, 7) is 1.45.